The molecule has 0 spiro atoms. The number of nitrogens with one attached hydrogen (secondary N) is 1. The van der Waals surface area contributed by atoms with Gasteiger partial charge in [0.15, 0.2) is 5.16 Å². The highest BCUT2D eigenvalue weighted by atomic mass is 32.2. The molecule has 0 bridgehead atoms. The molecule has 9 heteroatoms. The monoisotopic (exact) mass is 351 g/mol. The Morgan fingerprint density at radius 2 is 2.12 bits per heavy atom. The highest BCUT2D eigenvalue weighted by Gasteiger charge is 2.26. The first-order valence-corrected chi connectivity index (χ1v) is 8.52. The largest absolute Gasteiger partial charge is 0.383 e. The molecular formula is C15H18FN5O2S. The van der Waals surface area contributed by atoms with Crippen LogP contribution >= 0.6 is 11.8 Å². The second-order valence-electron chi connectivity index (χ2n) is 5.19. The first-order valence-electron chi connectivity index (χ1n) is 7.54. The van der Waals surface area contributed by atoms with Crippen LogP contribution in [-0.4, -0.2) is 53.2 Å². The predicted octanol–water partition coefficient (Wildman–Crippen LogP) is 1.42. The number of anilines is 2. The highest BCUT2D eigenvalue weighted by Crippen LogP contribution is 2.31. The van der Waals surface area contributed by atoms with Crippen LogP contribution in [0.3, 0.4) is 0 Å². The van der Waals surface area contributed by atoms with Crippen molar-refractivity contribution in [2.75, 3.05) is 37.5 Å². The lowest BCUT2D eigenvalue weighted by atomic mass is 10.3. The Bertz CT molecular complexity index is 706. The van der Waals surface area contributed by atoms with Crippen molar-refractivity contribution >= 4 is 29.3 Å². The lowest BCUT2D eigenvalue weighted by molar-refractivity contribution is -0.118. The van der Waals surface area contributed by atoms with Gasteiger partial charge in [0.05, 0.1) is 12.4 Å². The molecule has 7 nitrogen and oxygen atoms in total. The molecular weight excluding hydrogens is 333 g/mol. The fraction of sp³-hybridized carbons (Fsp3) is 0.400. The zero-order chi connectivity index (χ0) is 16.9. The number of carbonyl (C=O) groups is 1. The van der Waals surface area contributed by atoms with E-state index in [1.807, 2.05) is 9.47 Å². The lowest BCUT2D eigenvalue weighted by Gasteiger charge is -2.14. The summed E-state index contributed by atoms with van der Waals surface area (Å²) in [5.74, 6) is 0.653. The van der Waals surface area contributed by atoms with Gasteiger partial charge in [0.25, 0.3) is 0 Å². The van der Waals surface area contributed by atoms with E-state index in [0.717, 1.165) is 18.8 Å². The zero-order valence-electron chi connectivity index (χ0n) is 13.2. The maximum Gasteiger partial charge on any atom is 0.232 e. The Labute approximate surface area is 143 Å². The van der Waals surface area contributed by atoms with Crippen molar-refractivity contribution in [1.29, 1.82) is 0 Å². The maximum atomic E-state index is 13.1. The van der Waals surface area contributed by atoms with E-state index in [1.165, 1.54) is 23.9 Å². The number of amides is 1. The minimum atomic E-state index is -0.268. The molecule has 1 N–H and O–H groups in total. The van der Waals surface area contributed by atoms with Gasteiger partial charge in [-0.05, 0) is 24.3 Å². The third-order valence-corrected chi connectivity index (χ3v) is 4.55. The third-order valence-electron chi connectivity index (χ3n) is 3.58. The Kier molecular flexibility index (Phi) is 5.31. The van der Waals surface area contributed by atoms with E-state index in [-0.39, 0.29) is 17.5 Å². The molecule has 0 radical (unpaired) electrons. The summed E-state index contributed by atoms with van der Waals surface area (Å²) in [7, 11) is 1.59. The highest BCUT2D eigenvalue weighted by molar-refractivity contribution is 7.99. The maximum absolute atomic E-state index is 13.1. The van der Waals surface area contributed by atoms with E-state index >= 15 is 0 Å². The summed E-state index contributed by atoms with van der Waals surface area (Å²) in [5.41, 5.74) is 0.872. The second kappa shape index (κ2) is 7.63. The predicted molar refractivity (Wildman–Crippen MR) is 89.0 cm³/mol. The minimum Gasteiger partial charge on any atom is -0.383 e. The van der Waals surface area contributed by atoms with Gasteiger partial charge in [-0.25, -0.2) is 4.39 Å². The van der Waals surface area contributed by atoms with Gasteiger partial charge in [-0.1, -0.05) is 11.8 Å². The topological polar surface area (TPSA) is 72.3 Å². The van der Waals surface area contributed by atoms with Crippen molar-refractivity contribution in [1.82, 2.24) is 20.1 Å². The van der Waals surface area contributed by atoms with Crippen LogP contribution < -0.4 is 10.2 Å². The summed E-state index contributed by atoms with van der Waals surface area (Å²) in [5, 5.41) is 11.8. The number of thioether (sulfide) groups is 1. The number of benzene rings is 1. The number of carbonyl (C=O) groups excluding carboxylic acids is 1. The molecule has 0 saturated heterocycles. The van der Waals surface area contributed by atoms with Gasteiger partial charge in [0, 0.05) is 32.4 Å². The molecule has 0 aliphatic carbocycles. The van der Waals surface area contributed by atoms with Crippen LogP contribution in [0.5, 0.6) is 0 Å². The third kappa shape index (κ3) is 3.68. The van der Waals surface area contributed by atoms with Crippen molar-refractivity contribution in [2.24, 2.45) is 0 Å². The Morgan fingerprint density at radius 1 is 1.33 bits per heavy atom. The van der Waals surface area contributed by atoms with E-state index in [1.54, 1.807) is 19.2 Å². The average Bonchev–Trinajstić information content (AvgIpc) is 3.16. The van der Waals surface area contributed by atoms with Gasteiger partial charge in [-0.15, -0.1) is 10.2 Å². The van der Waals surface area contributed by atoms with E-state index in [2.05, 4.69) is 15.5 Å². The number of methoxy groups -OCH3 is 1. The number of ether oxygens (including phenoxy) is 1. The average molecular weight is 351 g/mol. The number of rotatable bonds is 7. The van der Waals surface area contributed by atoms with Crippen LogP contribution in [0.1, 0.15) is 0 Å². The molecule has 1 aromatic carbocycles. The van der Waals surface area contributed by atoms with Crippen LogP contribution in [0.2, 0.25) is 0 Å². The van der Waals surface area contributed by atoms with Gasteiger partial charge in [0.2, 0.25) is 11.9 Å². The Morgan fingerprint density at radius 3 is 2.88 bits per heavy atom. The molecule has 1 aliphatic rings. The normalized spacial score (nSPS) is 13.2. The summed E-state index contributed by atoms with van der Waals surface area (Å²) in [6.07, 6.45) is 0. The molecule has 2 heterocycles. The molecule has 24 heavy (non-hydrogen) atoms. The van der Waals surface area contributed by atoms with Crippen molar-refractivity contribution < 1.29 is 13.9 Å². The summed E-state index contributed by atoms with van der Waals surface area (Å²) in [6, 6.07) is 6.29. The molecule has 0 fully saturated rings. The fourth-order valence-electron chi connectivity index (χ4n) is 2.42. The number of hydrogen-bond donors (Lipinski definition) is 1. The SMILES string of the molecule is COCCNC(=O)CSc1nnc2n1CCN2c1ccc(F)cc1. The molecule has 0 atom stereocenters. The number of aromatic nitrogens is 3. The van der Waals surface area contributed by atoms with E-state index in [4.69, 9.17) is 4.74 Å². The molecule has 128 valence electrons. The summed E-state index contributed by atoms with van der Waals surface area (Å²) < 4.78 is 19.9. The quantitative estimate of drug-likeness (QED) is 0.601. The summed E-state index contributed by atoms with van der Waals surface area (Å²) in [4.78, 5) is 13.7. The molecule has 0 unspecified atom stereocenters. The molecule has 0 saturated carbocycles. The molecule has 1 aromatic heterocycles. The van der Waals surface area contributed by atoms with Gasteiger partial charge in [-0.3, -0.25) is 9.36 Å². The van der Waals surface area contributed by atoms with E-state index in [0.29, 0.717) is 24.3 Å². The van der Waals surface area contributed by atoms with Gasteiger partial charge in [-0.2, -0.15) is 0 Å². The van der Waals surface area contributed by atoms with Gasteiger partial charge in [0.1, 0.15) is 5.82 Å². The Balaban J connectivity index is 1.62. The molecule has 1 amide bonds. The van der Waals surface area contributed by atoms with Crippen molar-refractivity contribution in [3.63, 3.8) is 0 Å². The zero-order valence-corrected chi connectivity index (χ0v) is 14.1. The van der Waals surface area contributed by atoms with Crippen LogP contribution in [-0.2, 0) is 16.1 Å². The molecule has 2 aromatic rings. The first kappa shape index (κ1) is 16.7. The lowest BCUT2D eigenvalue weighted by Crippen LogP contribution is -2.28. The van der Waals surface area contributed by atoms with Crippen molar-refractivity contribution in [2.45, 2.75) is 11.7 Å². The van der Waals surface area contributed by atoms with Crippen molar-refractivity contribution in [3.8, 4) is 0 Å². The Hall–Kier alpha value is -2.13. The smallest absolute Gasteiger partial charge is 0.232 e. The minimum absolute atomic E-state index is 0.0669. The van der Waals surface area contributed by atoms with Gasteiger partial charge >= 0.3 is 0 Å². The number of fused-ring (bicyclic) bond motifs is 1. The second-order valence-corrected chi connectivity index (χ2v) is 6.14. The van der Waals surface area contributed by atoms with Crippen LogP contribution in [0, 0.1) is 5.82 Å². The van der Waals surface area contributed by atoms with Crippen molar-refractivity contribution in [3.05, 3.63) is 30.1 Å². The summed E-state index contributed by atoms with van der Waals surface area (Å²) in [6.45, 7) is 2.45. The number of nitrogens with zero attached hydrogens (tertiary/aromatic N) is 4. The van der Waals surface area contributed by atoms with Crippen LogP contribution in [0.15, 0.2) is 29.4 Å². The van der Waals surface area contributed by atoms with E-state index < -0.39 is 0 Å². The number of halogens is 1. The van der Waals surface area contributed by atoms with E-state index in [9.17, 15) is 9.18 Å². The summed E-state index contributed by atoms with van der Waals surface area (Å²) >= 11 is 1.35. The van der Waals surface area contributed by atoms with Gasteiger partial charge < -0.3 is 15.0 Å². The number of hydrogen-bond acceptors (Lipinski definition) is 6. The standard InChI is InChI=1S/C15H18FN5O2S/c1-23-9-6-17-13(22)10-24-15-19-18-14-20(7-8-21(14)15)12-4-2-11(16)3-5-12/h2-5H,6-10H2,1H3,(H,17,22). The molecule has 1 aliphatic heterocycles. The van der Waals surface area contributed by atoms with Crippen LogP contribution in [0.4, 0.5) is 16.0 Å². The first-order chi connectivity index (χ1) is 11.7. The molecule has 3 rings (SSSR count). The fourth-order valence-corrected chi connectivity index (χ4v) is 3.21. The van der Waals surface area contributed by atoms with Crippen LogP contribution in [0.25, 0.3) is 0 Å².